The highest BCUT2D eigenvalue weighted by Crippen LogP contribution is 2.40. The van der Waals surface area contributed by atoms with Crippen LogP contribution in [0.4, 0.5) is 23.0 Å². The van der Waals surface area contributed by atoms with Crippen molar-refractivity contribution in [1.82, 2.24) is 9.97 Å². The molecule has 268 valence electrons. The highest BCUT2D eigenvalue weighted by molar-refractivity contribution is 6.22. The Balaban J connectivity index is 0.000000167. The summed E-state index contributed by atoms with van der Waals surface area (Å²) in [7, 11) is 0. The molecule has 12 heteroatoms. The first-order valence-corrected chi connectivity index (χ1v) is 17.3. The fourth-order valence-electron chi connectivity index (χ4n) is 6.53. The molecule has 0 spiro atoms. The Kier molecular flexibility index (Phi) is 9.73. The lowest BCUT2D eigenvalue weighted by molar-refractivity contribution is -0.384. The number of rotatable bonds is 10. The van der Waals surface area contributed by atoms with Gasteiger partial charge in [0.05, 0.1) is 32.4 Å². The molecule has 0 unspecified atom stereocenters. The summed E-state index contributed by atoms with van der Waals surface area (Å²) in [5.74, 6) is -0.0597. The zero-order chi connectivity index (χ0) is 37.9. The SMILES string of the molecule is Cc1ccc(CCNc2nc3c(cc2[N+](=O)[O-])C(=O)c2ccccc2-3)cc1.Cc1ccc(CCNc2nc3c(cc2[N+](=O)[O-])C(=O)c2ccccc2-3)cc1. The van der Waals surface area contributed by atoms with E-state index < -0.39 is 9.85 Å². The number of carbonyl (C=O) groups is 2. The number of benzene rings is 4. The van der Waals surface area contributed by atoms with Crippen LogP contribution in [0.5, 0.6) is 0 Å². The number of aromatic nitrogens is 2. The van der Waals surface area contributed by atoms with Crippen molar-refractivity contribution in [1.29, 1.82) is 0 Å². The van der Waals surface area contributed by atoms with E-state index in [0.717, 1.165) is 11.1 Å². The van der Waals surface area contributed by atoms with Crippen molar-refractivity contribution < 1.29 is 19.4 Å². The average molecular weight is 719 g/mol. The minimum Gasteiger partial charge on any atom is -0.364 e. The zero-order valence-corrected chi connectivity index (χ0v) is 29.5. The van der Waals surface area contributed by atoms with E-state index in [-0.39, 0.29) is 45.7 Å². The molecule has 2 aliphatic carbocycles. The Morgan fingerprint density at radius 1 is 0.519 bits per heavy atom. The van der Waals surface area contributed by atoms with Crippen LogP contribution in [0.15, 0.2) is 109 Å². The van der Waals surface area contributed by atoms with Gasteiger partial charge in [-0.15, -0.1) is 0 Å². The van der Waals surface area contributed by atoms with Gasteiger partial charge < -0.3 is 10.6 Å². The molecule has 0 saturated carbocycles. The van der Waals surface area contributed by atoms with Gasteiger partial charge in [-0.05, 0) is 37.8 Å². The van der Waals surface area contributed by atoms with Gasteiger partial charge in [0, 0.05) is 47.5 Å². The molecule has 0 aliphatic heterocycles. The molecule has 4 aromatic carbocycles. The number of hydrogen-bond acceptors (Lipinski definition) is 10. The fraction of sp³-hybridized carbons (Fsp3) is 0.143. The van der Waals surface area contributed by atoms with E-state index in [1.807, 2.05) is 86.6 Å². The lowest BCUT2D eigenvalue weighted by Gasteiger charge is -2.09. The molecule has 0 radical (unpaired) electrons. The highest BCUT2D eigenvalue weighted by atomic mass is 16.6. The number of ketones is 2. The van der Waals surface area contributed by atoms with E-state index in [2.05, 4.69) is 20.6 Å². The maximum atomic E-state index is 12.5. The molecule has 8 rings (SSSR count). The molecular weight excluding hydrogens is 684 g/mol. The first-order valence-electron chi connectivity index (χ1n) is 17.3. The van der Waals surface area contributed by atoms with Gasteiger partial charge in [-0.25, -0.2) is 9.97 Å². The monoisotopic (exact) mass is 718 g/mol. The van der Waals surface area contributed by atoms with Gasteiger partial charge in [-0.2, -0.15) is 0 Å². The molecule has 0 amide bonds. The minimum atomic E-state index is -0.502. The van der Waals surface area contributed by atoms with Gasteiger partial charge in [-0.3, -0.25) is 29.8 Å². The molecule has 0 saturated heterocycles. The Labute approximate surface area is 310 Å². The lowest BCUT2D eigenvalue weighted by Crippen LogP contribution is -2.10. The van der Waals surface area contributed by atoms with E-state index in [1.54, 1.807) is 24.3 Å². The number of fused-ring (bicyclic) bond motifs is 6. The third kappa shape index (κ3) is 7.04. The van der Waals surface area contributed by atoms with Gasteiger partial charge in [0.2, 0.25) is 11.6 Å². The van der Waals surface area contributed by atoms with Gasteiger partial charge in [-0.1, -0.05) is 108 Å². The number of anilines is 2. The quantitative estimate of drug-likeness (QED) is 0.103. The Morgan fingerprint density at radius 3 is 1.22 bits per heavy atom. The van der Waals surface area contributed by atoms with E-state index in [1.165, 1.54) is 23.3 Å². The Bertz CT molecular complexity index is 2290. The maximum Gasteiger partial charge on any atom is 0.312 e. The molecule has 2 aromatic heterocycles. The van der Waals surface area contributed by atoms with Crippen LogP contribution in [0, 0.1) is 34.1 Å². The first kappa shape index (κ1) is 35.3. The van der Waals surface area contributed by atoms with Crippen molar-refractivity contribution in [3.05, 3.63) is 174 Å². The van der Waals surface area contributed by atoms with Crippen LogP contribution in [0.3, 0.4) is 0 Å². The molecule has 2 aliphatic rings. The third-order valence-electron chi connectivity index (χ3n) is 9.39. The van der Waals surface area contributed by atoms with Crippen LogP contribution in [0.2, 0.25) is 0 Å². The zero-order valence-electron chi connectivity index (χ0n) is 29.5. The third-order valence-corrected chi connectivity index (χ3v) is 9.39. The summed E-state index contributed by atoms with van der Waals surface area (Å²) in [4.78, 5) is 55.9. The van der Waals surface area contributed by atoms with Crippen LogP contribution in [-0.2, 0) is 12.8 Å². The number of hydrogen-bond donors (Lipinski definition) is 2. The van der Waals surface area contributed by atoms with Crippen LogP contribution in [0.25, 0.3) is 22.5 Å². The van der Waals surface area contributed by atoms with Crippen molar-refractivity contribution in [2.45, 2.75) is 26.7 Å². The summed E-state index contributed by atoms with van der Waals surface area (Å²) >= 11 is 0. The van der Waals surface area contributed by atoms with Crippen molar-refractivity contribution in [2.24, 2.45) is 0 Å². The predicted octanol–water partition coefficient (Wildman–Crippen LogP) is 8.33. The summed E-state index contributed by atoms with van der Waals surface area (Å²) in [5, 5.41) is 29.1. The Hall–Kier alpha value is -7.08. The molecular formula is C42H34N6O6. The van der Waals surface area contributed by atoms with Crippen molar-refractivity contribution in [3.8, 4) is 22.5 Å². The number of pyridine rings is 2. The molecule has 0 fully saturated rings. The number of nitrogens with one attached hydrogen (secondary N) is 2. The van der Waals surface area contributed by atoms with Crippen LogP contribution >= 0.6 is 0 Å². The van der Waals surface area contributed by atoms with E-state index in [0.29, 0.717) is 59.6 Å². The molecule has 54 heavy (non-hydrogen) atoms. The van der Waals surface area contributed by atoms with E-state index in [4.69, 9.17) is 0 Å². The summed E-state index contributed by atoms with van der Waals surface area (Å²) in [6.45, 7) is 5.06. The molecule has 2 heterocycles. The lowest BCUT2D eigenvalue weighted by atomic mass is 10.1. The van der Waals surface area contributed by atoms with Gasteiger partial charge in [0.25, 0.3) is 0 Å². The maximum absolute atomic E-state index is 12.5. The highest BCUT2D eigenvalue weighted by Gasteiger charge is 2.33. The van der Waals surface area contributed by atoms with Crippen LogP contribution in [0.1, 0.15) is 54.1 Å². The number of aryl methyl sites for hydroxylation is 2. The van der Waals surface area contributed by atoms with E-state index >= 15 is 0 Å². The number of carbonyl (C=O) groups excluding carboxylic acids is 2. The second kappa shape index (κ2) is 14.9. The van der Waals surface area contributed by atoms with Crippen molar-refractivity contribution in [3.63, 3.8) is 0 Å². The molecule has 2 N–H and O–H groups in total. The Morgan fingerprint density at radius 2 is 0.870 bits per heavy atom. The predicted molar refractivity (Wildman–Crippen MR) is 206 cm³/mol. The number of nitro groups is 2. The van der Waals surface area contributed by atoms with Crippen LogP contribution < -0.4 is 10.6 Å². The fourth-order valence-corrected chi connectivity index (χ4v) is 6.53. The van der Waals surface area contributed by atoms with E-state index in [9.17, 15) is 29.8 Å². The molecule has 12 nitrogen and oxygen atoms in total. The topological polar surface area (TPSA) is 170 Å². The van der Waals surface area contributed by atoms with Gasteiger partial charge >= 0.3 is 11.4 Å². The normalized spacial score (nSPS) is 11.8. The summed E-state index contributed by atoms with van der Waals surface area (Å²) < 4.78 is 0. The van der Waals surface area contributed by atoms with Gasteiger partial charge in [0.1, 0.15) is 0 Å². The molecule has 0 bridgehead atoms. The summed E-state index contributed by atoms with van der Waals surface area (Å²) in [5.41, 5.74) is 8.35. The van der Waals surface area contributed by atoms with Crippen LogP contribution in [-0.4, -0.2) is 44.5 Å². The molecule has 6 aromatic rings. The second-order valence-corrected chi connectivity index (χ2v) is 13.1. The van der Waals surface area contributed by atoms with Crippen molar-refractivity contribution >= 4 is 34.6 Å². The first-order chi connectivity index (χ1) is 26.1. The number of nitrogens with zero attached hydrogens (tertiary/aromatic N) is 4. The minimum absolute atomic E-state index is 0.182. The second-order valence-electron chi connectivity index (χ2n) is 13.1. The summed E-state index contributed by atoms with van der Waals surface area (Å²) in [6.07, 6.45) is 1.43. The van der Waals surface area contributed by atoms with Crippen molar-refractivity contribution in [2.75, 3.05) is 23.7 Å². The van der Waals surface area contributed by atoms with Gasteiger partial charge in [0.15, 0.2) is 11.6 Å². The smallest absolute Gasteiger partial charge is 0.312 e. The average Bonchev–Trinajstić information content (AvgIpc) is 3.61. The molecule has 0 atom stereocenters. The summed E-state index contributed by atoms with van der Waals surface area (Å²) in [6, 6.07) is 33.2. The standard InChI is InChI=1S/2C21H17N3O3/c2*1-13-6-8-14(9-7-13)10-11-22-21-18(24(26)27)12-17-19(23-21)15-4-2-3-5-16(15)20(17)25/h2*2-9,12H,10-11H2,1H3,(H,22,23). The largest absolute Gasteiger partial charge is 0.364 e.